The largest absolute Gasteiger partial charge is 0.0795 e. The van der Waals surface area contributed by atoms with E-state index < -0.39 is 0 Å². The SMILES string of the molecule is CC(C)CC(C)(C)I. The lowest BCUT2D eigenvalue weighted by Gasteiger charge is -2.17. The summed E-state index contributed by atoms with van der Waals surface area (Å²) in [5, 5.41) is 0. The summed E-state index contributed by atoms with van der Waals surface area (Å²) < 4.78 is 0.492. The van der Waals surface area contributed by atoms with Crippen molar-refractivity contribution in [3.63, 3.8) is 0 Å². The van der Waals surface area contributed by atoms with Crippen molar-refractivity contribution in [1.82, 2.24) is 0 Å². The molecule has 0 amide bonds. The number of hydrogen-bond donors (Lipinski definition) is 0. The van der Waals surface area contributed by atoms with E-state index in [1.165, 1.54) is 6.42 Å². The lowest BCUT2D eigenvalue weighted by Crippen LogP contribution is -2.11. The summed E-state index contributed by atoms with van der Waals surface area (Å²) in [6, 6.07) is 0. The first-order chi connectivity index (χ1) is 3.42. The Morgan fingerprint density at radius 3 is 1.75 bits per heavy atom. The van der Waals surface area contributed by atoms with Crippen molar-refractivity contribution in [3.05, 3.63) is 0 Å². The smallest absolute Gasteiger partial charge is 0.0168 e. The van der Waals surface area contributed by atoms with Gasteiger partial charge in [-0.25, -0.2) is 0 Å². The van der Waals surface area contributed by atoms with Crippen LogP contribution in [0.4, 0.5) is 0 Å². The highest BCUT2D eigenvalue weighted by molar-refractivity contribution is 14.1. The van der Waals surface area contributed by atoms with Gasteiger partial charge in [0, 0.05) is 3.42 Å². The van der Waals surface area contributed by atoms with Crippen molar-refractivity contribution >= 4 is 22.6 Å². The summed E-state index contributed by atoms with van der Waals surface area (Å²) in [7, 11) is 0. The Morgan fingerprint density at radius 1 is 1.38 bits per heavy atom. The minimum Gasteiger partial charge on any atom is -0.0795 e. The lowest BCUT2D eigenvalue weighted by molar-refractivity contribution is 0.519. The van der Waals surface area contributed by atoms with Crippen molar-refractivity contribution in [1.29, 1.82) is 0 Å². The molecular weight excluding hydrogens is 211 g/mol. The quantitative estimate of drug-likeness (QED) is 0.500. The van der Waals surface area contributed by atoms with Crippen LogP contribution >= 0.6 is 22.6 Å². The molecule has 0 saturated carbocycles. The first kappa shape index (κ1) is 8.73. The van der Waals surface area contributed by atoms with Crippen LogP contribution in [0.3, 0.4) is 0 Å². The van der Waals surface area contributed by atoms with Crippen LogP contribution in [0.15, 0.2) is 0 Å². The van der Waals surface area contributed by atoms with Crippen LogP contribution in [-0.2, 0) is 0 Å². The Bertz CT molecular complexity index is 59.3. The molecule has 0 aromatic carbocycles. The minimum atomic E-state index is 0.492. The van der Waals surface area contributed by atoms with E-state index in [-0.39, 0.29) is 0 Å². The van der Waals surface area contributed by atoms with E-state index in [1.54, 1.807) is 0 Å². The van der Waals surface area contributed by atoms with E-state index in [4.69, 9.17) is 0 Å². The summed E-state index contributed by atoms with van der Waals surface area (Å²) in [5.74, 6) is 0.835. The molecule has 0 aliphatic rings. The Kier molecular flexibility index (Phi) is 3.32. The van der Waals surface area contributed by atoms with Crippen molar-refractivity contribution < 1.29 is 0 Å². The lowest BCUT2D eigenvalue weighted by atomic mass is 10.0. The Morgan fingerprint density at radius 2 is 1.75 bits per heavy atom. The fourth-order valence-corrected chi connectivity index (χ4v) is 1.85. The molecular formula is C7H15I. The third kappa shape index (κ3) is 6.73. The van der Waals surface area contributed by atoms with Crippen LogP contribution in [0.1, 0.15) is 34.1 Å². The second-order valence-electron chi connectivity index (χ2n) is 3.32. The van der Waals surface area contributed by atoms with Crippen LogP contribution in [0.25, 0.3) is 0 Å². The highest BCUT2D eigenvalue weighted by Crippen LogP contribution is 2.25. The predicted molar refractivity (Wildman–Crippen MR) is 47.6 cm³/mol. The first-order valence-corrected chi connectivity index (χ1v) is 4.18. The normalized spacial score (nSPS) is 12.8. The summed E-state index contributed by atoms with van der Waals surface area (Å²) in [6.45, 7) is 9.07. The van der Waals surface area contributed by atoms with E-state index in [0.717, 1.165) is 5.92 Å². The van der Waals surface area contributed by atoms with Crippen molar-refractivity contribution in [2.45, 2.75) is 37.5 Å². The number of halogens is 1. The molecule has 0 aliphatic carbocycles. The zero-order valence-electron chi connectivity index (χ0n) is 6.16. The molecule has 0 nitrogen and oxygen atoms in total. The molecule has 0 N–H and O–H groups in total. The number of hydrogen-bond acceptors (Lipinski definition) is 0. The molecule has 0 radical (unpaired) electrons. The monoisotopic (exact) mass is 226 g/mol. The summed E-state index contributed by atoms with van der Waals surface area (Å²) in [4.78, 5) is 0. The van der Waals surface area contributed by atoms with Gasteiger partial charge in [-0.2, -0.15) is 0 Å². The molecule has 1 heteroatoms. The fourth-order valence-electron chi connectivity index (χ4n) is 0.971. The molecule has 0 atom stereocenters. The van der Waals surface area contributed by atoms with Gasteiger partial charge in [-0.1, -0.05) is 50.3 Å². The van der Waals surface area contributed by atoms with Gasteiger partial charge in [0.15, 0.2) is 0 Å². The van der Waals surface area contributed by atoms with Gasteiger partial charge in [0.25, 0.3) is 0 Å². The Labute approximate surface area is 66.2 Å². The summed E-state index contributed by atoms with van der Waals surface area (Å²) in [6.07, 6.45) is 1.31. The van der Waals surface area contributed by atoms with Crippen LogP contribution in [0.2, 0.25) is 0 Å². The zero-order chi connectivity index (χ0) is 6.78. The van der Waals surface area contributed by atoms with E-state index >= 15 is 0 Å². The third-order valence-electron chi connectivity index (χ3n) is 0.894. The molecule has 0 spiro atoms. The van der Waals surface area contributed by atoms with E-state index in [1.807, 2.05) is 0 Å². The van der Waals surface area contributed by atoms with E-state index in [2.05, 4.69) is 50.3 Å². The predicted octanol–water partition coefficient (Wildman–Crippen LogP) is 3.25. The van der Waals surface area contributed by atoms with Crippen LogP contribution in [0, 0.1) is 5.92 Å². The van der Waals surface area contributed by atoms with Gasteiger partial charge in [0.2, 0.25) is 0 Å². The van der Waals surface area contributed by atoms with Crippen molar-refractivity contribution in [2.75, 3.05) is 0 Å². The maximum atomic E-state index is 2.49. The van der Waals surface area contributed by atoms with Gasteiger partial charge < -0.3 is 0 Å². The van der Waals surface area contributed by atoms with Crippen LogP contribution < -0.4 is 0 Å². The average molecular weight is 226 g/mol. The molecule has 0 saturated heterocycles. The second kappa shape index (κ2) is 3.04. The van der Waals surface area contributed by atoms with Crippen LogP contribution in [0.5, 0.6) is 0 Å². The van der Waals surface area contributed by atoms with Crippen LogP contribution in [-0.4, -0.2) is 3.42 Å². The number of rotatable bonds is 2. The molecule has 0 rings (SSSR count). The van der Waals surface area contributed by atoms with Gasteiger partial charge in [0.1, 0.15) is 0 Å². The van der Waals surface area contributed by atoms with Crippen molar-refractivity contribution in [2.24, 2.45) is 5.92 Å². The molecule has 0 aromatic heterocycles. The molecule has 0 unspecified atom stereocenters. The maximum absolute atomic E-state index is 2.49. The molecule has 0 bridgehead atoms. The molecule has 8 heavy (non-hydrogen) atoms. The second-order valence-corrected chi connectivity index (χ2v) is 6.24. The molecule has 0 aromatic rings. The molecule has 0 aliphatic heterocycles. The highest BCUT2D eigenvalue weighted by atomic mass is 127. The maximum Gasteiger partial charge on any atom is 0.0168 e. The van der Waals surface area contributed by atoms with E-state index in [0.29, 0.717) is 3.42 Å². The number of alkyl halides is 1. The third-order valence-corrected chi connectivity index (χ3v) is 1.33. The first-order valence-electron chi connectivity index (χ1n) is 3.11. The van der Waals surface area contributed by atoms with Gasteiger partial charge in [-0.05, 0) is 12.3 Å². The Hall–Kier alpha value is 0.730. The van der Waals surface area contributed by atoms with Gasteiger partial charge in [0.05, 0.1) is 0 Å². The molecule has 0 fully saturated rings. The molecule has 50 valence electrons. The summed E-state index contributed by atoms with van der Waals surface area (Å²) >= 11 is 2.49. The molecule has 0 heterocycles. The highest BCUT2D eigenvalue weighted by Gasteiger charge is 2.13. The van der Waals surface area contributed by atoms with Gasteiger partial charge in [-0.15, -0.1) is 0 Å². The zero-order valence-corrected chi connectivity index (χ0v) is 8.32. The fraction of sp³-hybridized carbons (Fsp3) is 1.00. The Balaban J connectivity index is 3.39. The van der Waals surface area contributed by atoms with E-state index in [9.17, 15) is 0 Å². The van der Waals surface area contributed by atoms with Gasteiger partial charge >= 0.3 is 0 Å². The average Bonchev–Trinajstić information content (AvgIpc) is 1.21. The topological polar surface area (TPSA) is 0 Å². The van der Waals surface area contributed by atoms with Crippen molar-refractivity contribution in [3.8, 4) is 0 Å². The minimum absolute atomic E-state index is 0.492. The standard InChI is InChI=1S/C7H15I/c1-6(2)5-7(3,4)8/h6H,5H2,1-4H3. The summed E-state index contributed by atoms with van der Waals surface area (Å²) in [5.41, 5.74) is 0. The van der Waals surface area contributed by atoms with Gasteiger partial charge in [-0.3, -0.25) is 0 Å².